The molecule has 1 unspecified atom stereocenters. The van der Waals surface area contributed by atoms with Gasteiger partial charge in [-0.1, -0.05) is 13.8 Å². The maximum absolute atomic E-state index is 4.50. The van der Waals surface area contributed by atoms with Gasteiger partial charge in [0, 0.05) is 24.0 Å². The molecule has 0 spiro atoms. The third-order valence-corrected chi connectivity index (χ3v) is 4.22. The van der Waals surface area contributed by atoms with Crippen molar-refractivity contribution in [3.8, 4) is 0 Å². The van der Waals surface area contributed by atoms with E-state index in [0.717, 1.165) is 18.1 Å². The van der Waals surface area contributed by atoms with Crippen LogP contribution >= 0.6 is 11.3 Å². The molecule has 3 nitrogen and oxygen atoms in total. The molecule has 0 bridgehead atoms. The molecular formula is C14H27N3S. The number of thiazole rings is 1. The van der Waals surface area contributed by atoms with Crippen molar-refractivity contribution in [3.63, 3.8) is 0 Å². The van der Waals surface area contributed by atoms with Crippen LogP contribution in [0.4, 0.5) is 0 Å². The topological polar surface area (TPSA) is 28.2 Å². The predicted octanol–water partition coefficient (Wildman–Crippen LogP) is 3.00. The van der Waals surface area contributed by atoms with Crippen LogP contribution in [0.5, 0.6) is 0 Å². The summed E-state index contributed by atoms with van der Waals surface area (Å²) in [6.07, 6.45) is 0. The number of aromatic nitrogens is 1. The smallest absolute Gasteiger partial charge is 0.0900 e. The van der Waals surface area contributed by atoms with Crippen LogP contribution in [0.25, 0.3) is 0 Å². The quantitative estimate of drug-likeness (QED) is 0.860. The van der Waals surface area contributed by atoms with Crippen LogP contribution in [-0.2, 0) is 0 Å². The molecule has 0 radical (unpaired) electrons. The van der Waals surface area contributed by atoms with E-state index < -0.39 is 0 Å². The van der Waals surface area contributed by atoms with E-state index in [1.807, 2.05) is 0 Å². The second-order valence-corrected chi connectivity index (χ2v) is 7.42. The molecule has 1 heterocycles. The van der Waals surface area contributed by atoms with E-state index in [0.29, 0.717) is 6.04 Å². The number of nitrogens with one attached hydrogen (secondary N) is 1. The van der Waals surface area contributed by atoms with Crippen molar-refractivity contribution >= 4 is 11.3 Å². The van der Waals surface area contributed by atoms with Crippen LogP contribution in [0.3, 0.4) is 0 Å². The van der Waals surface area contributed by atoms with Gasteiger partial charge in [-0.25, -0.2) is 4.98 Å². The highest BCUT2D eigenvalue weighted by atomic mass is 32.1. The molecule has 0 fully saturated rings. The molecule has 1 aromatic rings. The third kappa shape index (κ3) is 4.67. The molecule has 1 aromatic heterocycles. The highest BCUT2D eigenvalue weighted by molar-refractivity contribution is 7.11. The number of nitrogens with zero attached hydrogens (tertiary/aromatic N) is 2. The van der Waals surface area contributed by atoms with E-state index in [2.05, 4.69) is 63.9 Å². The predicted molar refractivity (Wildman–Crippen MR) is 80.3 cm³/mol. The van der Waals surface area contributed by atoms with Crippen LogP contribution in [0, 0.1) is 19.3 Å². The number of rotatable bonds is 6. The minimum Gasteiger partial charge on any atom is -0.309 e. The van der Waals surface area contributed by atoms with Crippen molar-refractivity contribution in [2.45, 2.75) is 40.7 Å². The van der Waals surface area contributed by atoms with Gasteiger partial charge in [0.15, 0.2) is 0 Å². The van der Waals surface area contributed by atoms with Gasteiger partial charge in [-0.15, -0.1) is 11.3 Å². The Labute approximate surface area is 116 Å². The summed E-state index contributed by atoms with van der Waals surface area (Å²) in [5, 5.41) is 4.80. The molecule has 0 saturated carbocycles. The van der Waals surface area contributed by atoms with E-state index in [1.165, 1.54) is 10.6 Å². The summed E-state index contributed by atoms with van der Waals surface area (Å²) in [7, 11) is 4.25. The van der Waals surface area contributed by atoms with Crippen LogP contribution in [0.2, 0.25) is 0 Å². The first-order chi connectivity index (χ1) is 8.21. The lowest BCUT2D eigenvalue weighted by atomic mass is 9.92. The molecule has 0 amide bonds. The highest BCUT2D eigenvalue weighted by Gasteiger charge is 2.21. The maximum atomic E-state index is 4.50. The van der Waals surface area contributed by atoms with Crippen molar-refractivity contribution in [3.05, 3.63) is 15.6 Å². The molecule has 0 aliphatic carbocycles. The maximum Gasteiger partial charge on any atom is 0.0900 e. The molecule has 0 saturated heterocycles. The Morgan fingerprint density at radius 3 is 2.39 bits per heavy atom. The highest BCUT2D eigenvalue weighted by Crippen LogP contribution is 2.25. The standard InChI is InChI=1S/C14H27N3S/c1-10(13-11(2)16-12(3)18-13)15-8-14(4,5)9-17(6)7/h10,15H,8-9H2,1-7H3. The SMILES string of the molecule is Cc1nc(C)c(C(C)NCC(C)(C)CN(C)C)s1. The van der Waals surface area contributed by atoms with Crippen molar-refractivity contribution < 1.29 is 0 Å². The number of hydrogen-bond acceptors (Lipinski definition) is 4. The zero-order valence-electron chi connectivity index (χ0n) is 12.8. The third-order valence-electron chi connectivity index (χ3n) is 2.96. The van der Waals surface area contributed by atoms with Crippen molar-refractivity contribution in [1.82, 2.24) is 15.2 Å². The molecule has 18 heavy (non-hydrogen) atoms. The summed E-state index contributed by atoms with van der Waals surface area (Å²) in [4.78, 5) is 8.11. The van der Waals surface area contributed by atoms with Crippen LogP contribution in [0.1, 0.15) is 42.4 Å². The molecule has 0 aromatic carbocycles. The van der Waals surface area contributed by atoms with E-state index in [4.69, 9.17) is 0 Å². The number of aryl methyl sites for hydroxylation is 2. The minimum atomic E-state index is 0.283. The first-order valence-corrected chi connectivity index (χ1v) is 7.35. The van der Waals surface area contributed by atoms with Gasteiger partial charge in [0.25, 0.3) is 0 Å². The molecule has 0 aliphatic rings. The van der Waals surface area contributed by atoms with Crippen molar-refractivity contribution in [1.29, 1.82) is 0 Å². The monoisotopic (exact) mass is 269 g/mol. The van der Waals surface area contributed by atoms with Crippen LogP contribution < -0.4 is 5.32 Å². The first-order valence-electron chi connectivity index (χ1n) is 6.53. The van der Waals surface area contributed by atoms with Gasteiger partial charge in [0.1, 0.15) is 0 Å². The lowest BCUT2D eigenvalue weighted by Gasteiger charge is -2.30. The summed E-state index contributed by atoms with van der Waals surface area (Å²) >= 11 is 1.80. The Morgan fingerprint density at radius 1 is 1.33 bits per heavy atom. The average molecular weight is 269 g/mol. The Morgan fingerprint density at radius 2 is 1.94 bits per heavy atom. The fraction of sp³-hybridized carbons (Fsp3) is 0.786. The molecular weight excluding hydrogens is 242 g/mol. The fourth-order valence-corrected chi connectivity index (χ4v) is 3.34. The largest absolute Gasteiger partial charge is 0.309 e. The van der Waals surface area contributed by atoms with Gasteiger partial charge in [-0.05, 0) is 40.3 Å². The summed E-state index contributed by atoms with van der Waals surface area (Å²) < 4.78 is 0. The summed E-state index contributed by atoms with van der Waals surface area (Å²) in [5.74, 6) is 0. The van der Waals surface area contributed by atoms with E-state index in [9.17, 15) is 0 Å². The summed E-state index contributed by atoms with van der Waals surface area (Å²) in [6, 6.07) is 0.387. The zero-order valence-corrected chi connectivity index (χ0v) is 13.6. The molecule has 104 valence electrons. The Kier molecular flexibility index (Phi) is 5.32. The molecule has 1 N–H and O–H groups in total. The van der Waals surface area contributed by atoms with E-state index in [1.54, 1.807) is 11.3 Å². The van der Waals surface area contributed by atoms with Gasteiger partial charge in [0.2, 0.25) is 0 Å². The van der Waals surface area contributed by atoms with Crippen molar-refractivity contribution in [2.75, 3.05) is 27.2 Å². The molecule has 1 rings (SSSR count). The van der Waals surface area contributed by atoms with Gasteiger partial charge in [0.05, 0.1) is 10.7 Å². The molecule has 4 heteroatoms. The average Bonchev–Trinajstić information content (AvgIpc) is 2.52. The Bertz CT molecular complexity index is 382. The van der Waals surface area contributed by atoms with Gasteiger partial charge < -0.3 is 10.2 Å². The molecule has 1 atom stereocenters. The normalized spacial score (nSPS) is 14.2. The van der Waals surface area contributed by atoms with Crippen molar-refractivity contribution in [2.24, 2.45) is 5.41 Å². The van der Waals surface area contributed by atoms with Gasteiger partial charge >= 0.3 is 0 Å². The summed E-state index contributed by atoms with van der Waals surface area (Å²) in [5.41, 5.74) is 1.45. The lowest BCUT2D eigenvalue weighted by molar-refractivity contribution is 0.227. The van der Waals surface area contributed by atoms with E-state index >= 15 is 0 Å². The van der Waals surface area contributed by atoms with Crippen LogP contribution in [0.15, 0.2) is 0 Å². The Hall–Kier alpha value is -0.450. The first kappa shape index (κ1) is 15.6. The fourth-order valence-electron chi connectivity index (χ4n) is 2.38. The Balaban J connectivity index is 2.55. The summed E-state index contributed by atoms with van der Waals surface area (Å²) in [6.45, 7) is 13.1. The second-order valence-electron chi connectivity index (χ2n) is 6.19. The lowest BCUT2D eigenvalue weighted by Crippen LogP contribution is -2.38. The van der Waals surface area contributed by atoms with Gasteiger partial charge in [-0.3, -0.25) is 0 Å². The zero-order chi connectivity index (χ0) is 13.9. The minimum absolute atomic E-state index is 0.283. The molecule has 0 aliphatic heterocycles. The van der Waals surface area contributed by atoms with E-state index in [-0.39, 0.29) is 5.41 Å². The van der Waals surface area contributed by atoms with Crippen LogP contribution in [-0.4, -0.2) is 37.1 Å². The van der Waals surface area contributed by atoms with Gasteiger partial charge in [-0.2, -0.15) is 0 Å². The second kappa shape index (κ2) is 6.13. The number of hydrogen-bond donors (Lipinski definition) is 1.